The van der Waals surface area contributed by atoms with Gasteiger partial charge in [-0.1, -0.05) is 12.1 Å². The second-order valence-electron chi connectivity index (χ2n) is 5.29. The third kappa shape index (κ3) is 3.05. The van der Waals surface area contributed by atoms with Crippen molar-refractivity contribution < 1.29 is 14.3 Å². The third-order valence-electron chi connectivity index (χ3n) is 3.55. The van der Waals surface area contributed by atoms with Crippen molar-refractivity contribution in [1.29, 1.82) is 0 Å². The largest absolute Gasteiger partial charge is 0.480 e. The lowest BCUT2D eigenvalue weighted by molar-refractivity contribution is -0.135. The molecular weight excluding hydrogens is 353 g/mol. The molecule has 0 aliphatic rings. The van der Waals surface area contributed by atoms with Gasteiger partial charge in [0.15, 0.2) is 0 Å². The third-order valence-corrected chi connectivity index (χ3v) is 4.72. The van der Waals surface area contributed by atoms with Gasteiger partial charge in [-0.25, -0.2) is 9.37 Å². The van der Waals surface area contributed by atoms with Gasteiger partial charge in [-0.2, -0.15) is 4.98 Å². The van der Waals surface area contributed by atoms with Crippen LogP contribution in [0.3, 0.4) is 0 Å². The summed E-state index contributed by atoms with van der Waals surface area (Å²) in [4.78, 5) is 22.7. The Labute approximate surface area is 146 Å². The maximum absolute atomic E-state index is 13.2. The number of nitrogens with zero attached hydrogens (tertiary/aromatic N) is 3. The van der Waals surface area contributed by atoms with E-state index >= 15 is 0 Å². The Bertz CT molecular complexity index is 927. The zero-order valence-electron chi connectivity index (χ0n) is 12.9. The van der Waals surface area contributed by atoms with Gasteiger partial charge in [-0.05, 0) is 36.2 Å². The average Bonchev–Trinajstić information content (AvgIpc) is 2.82. The van der Waals surface area contributed by atoms with Crippen LogP contribution >= 0.6 is 22.9 Å². The summed E-state index contributed by atoms with van der Waals surface area (Å²) in [5.41, 5.74) is 1.68. The molecule has 1 aromatic carbocycles. The first-order valence-corrected chi connectivity index (χ1v) is 8.21. The van der Waals surface area contributed by atoms with E-state index in [1.54, 1.807) is 19.2 Å². The fourth-order valence-corrected chi connectivity index (χ4v) is 3.84. The summed E-state index contributed by atoms with van der Waals surface area (Å²) >= 11 is 7.43. The fraction of sp³-hybridized carbons (Fsp3) is 0.188. The van der Waals surface area contributed by atoms with Crippen LogP contribution in [-0.4, -0.2) is 34.6 Å². The summed E-state index contributed by atoms with van der Waals surface area (Å²) in [6.45, 7) is 1.71. The molecule has 0 saturated heterocycles. The van der Waals surface area contributed by atoms with Crippen molar-refractivity contribution in [1.82, 2.24) is 9.97 Å². The lowest BCUT2D eigenvalue weighted by Crippen LogP contribution is -2.26. The van der Waals surface area contributed by atoms with Crippen LogP contribution in [-0.2, 0) is 4.79 Å². The van der Waals surface area contributed by atoms with Gasteiger partial charge in [0.2, 0.25) is 5.28 Å². The Hall–Kier alpha value is -2.25. The summed E-state index contributed by atoms with van der Waals surface area (Å²) in [7, 11) is 1.63. The van der Waals surface area contributed by atoms with E-state index in [2.05, 4.69) is 9.97 Å². The molecule has 2 heterocycles. The minimum absolute atomic E-state index is 0.0571. The Kier molecular flexibility index (Phi) is 4.38. The molecule has 0 bridgehead atoms. The molecule has 24 heavy (non-hydrogen) atoms. The second kappa shape index (κ2) is 6.33. The number of aliphatic carboxylic acids is 1. The SMILES string of the molecule is Cc1sc2nc(Cl)nc(N(C)CC(=O)O)c2c1-c1ccc(F)cc1. The van der Waals surface area contributed by atoms with Crippen LogP contribution in [0.5, 0.6) is 0 Å². The molecule has 0 radical (unpaired) electrons. The van der Waals surface area contributed by atoms with Gasteiger partial charge in [-0.15, -0.1) is 11.3 Å². The van der Waals surface area contributed by atoms with E-state index in [0.717, 1.165) is 21.4 Å². The number of carboxylic acids is 1. The summed E-state index contributed by atoms with van der Waals surface area (Å²) in [6.07, 6.45) is 0. The molecule has 0 amide bonds. The van der Waals surface area contributed by atoms with Crippen LogP contribution in [0.25, 0.3) is 21.3 Å². The van der Waals surface area contributed by atoms with Gasteiger partial charge >= 0.3 is 5.97 Å². The number of anilines is 1. The van der Waals surface area contributed by atoms with Crippen molar-refractivity contribution in [2.75, 3.05) is 18.5 Å². The quantitative estimate of drug-likeness (QED) is 0.708. The number of carbonyl (C=O) groups is 1. The van der Waals surface area contributed by atoms with E-state index < -0.39 is 5.97 Å². The highest BCUT2D eigenvalue weighted by Gasteiger charge is 2.21. The molecule has 0 saturated carbocycles. The lowest BCUT2D eigenvalue weighted by atomic mass is 10.0. The molecule has 0 aliphatic carbocycles. The minimum Gasteiger partial charge on any atom is -0.480 e. The summed E-state index contributed by atoms with van der Waals surface area (Å²) < 4.78 is 13.2. The van der Waals surface area contributed by atoms with Crippen molar-refractivity contribution in [3.63, 3.8) is 0 Å². The van der Waals surface area contributed by atoms with E-state index in [4.69, 9.17) is 16.7 Å². The number of carboxylic acid groups (broad SMARTS) is 1. The number of benzene rings is 1. The van der Waals surface area contributed by atoms with E-state index in [1.807, 2.05) is 6.92 Å². The maximum atomic E-state index is 13.2. The molecule has 124 valence electrons. The summed E-state index contributed by atoms with van der Waals surface area (Å²) in [5.74, 6) is -0.856. The zero-order chi connectivity index (χ0) is 17.4. The predicted molar refractivity (Wildman–Crippen MR) is 93.5 cm³/mol. The number of hydrogen-bond donors (Lipinski definition) is 1. The maximum Gasteiger partial charge on any atom is 0.323 e. The molecule has 5 nitrogen and oxygen atoms in total. The van der Waals surface area contributed by atoms with E-state index in [0.29, 0.717) is 10.6 Å². The molecule has 0 atom stereocenters. The highest BCUT2D eigenvalue weighted by molar-refractivity contribution is 7.19. The Balaban J connectivity index is 2.28. The van der Waals surface area contributed by atoms with Gasteiger partial charge in [0.05, 0.1) is 5.39 Å². The van der Waals surface area contributed by atoms with Gasteiger partial charge in [0.25, 0.3) is 0 Å². The van der Waals surface area contributed by atoms with Crippen LogP contribution < -0.4 is 4.90 Å². The first-order valence-electron chi connectivity index (χ1n) is 7.02. The molecule has 0 unspecified atom stereocenters. The lowest BCUT2D eigenvalue weighted by Gasteiger charge is -2.17. The Morgan fingerprint density at radius 1 is 1.33 bits per heavy atom. The molecule has 3 aromatic rings. The van der Waals surface area contributed by atoms with E-state index in [9.17, 15) is 9.18 Å². The van der Waals surface area contributed by atoms with Gasteiger partial charge in [0.1, 0.15) is 23.0 Å². The molecule has 2 aromatic heterocycles. The molecule has 8 heteroatoms. The molecular formula is C16H13ClFN3O2S. The van der Waals surface area contributed by atoms with Crippen molar-refractivity contribution in [2.45, 2.75) is 6.92 Å². The first kappa shape index (κ1) is 16.6. The normalized spacial score (nSPS) is 11.0. The second-order valence-corrected chi connectivity index (χ2v) is 6.83. The number of hydrogen-bond acceptors (Lipinski definition) is 5. The van der Waals surface area contributed by atoms with Crippen LogP contribution in [0.1, 0.15) is 4.88 Å². The van der Waals surface area contributed by atoms with Crippen LogP contribution in [0.2, 0.25) is 5.28 Å². The molecule has 3 rings (SSSR count). The van der Waals surface area contributed by atoms with Gasteiger partial charge < -0.3 is 10.0 Å². The number of aromatic nitrogens is 2. The number of fused-ring (bicyclic) bond motifs is 1. The number of aryl methyl sites for hydroxylation is 1. The van der Waals surface area contributed by atoms with Crippen molar-refractivity contribution in [3.05, 3.63) is 40.2 Å². The number of halogens is 2. The van der Waals surface area contributed by atoms with E-state index in [-0.39, 0.29) is 17.6 Å². The van der Waals surface area contributed by atoms with Gasteiger partial charge in [-0.3, -0.25) is 4.79 Å². The Morgan fingerprint density at radius 2 is 2.00 bits per heavy atom. The monoisotopic (exact) mass is 365 g/mol. The fourth-order valence-electron chi connectivity index (χ4n) is 2.59. The topological polar surface area (TPSA) is 66.3 Å². The van der Waals surface area contributed by atoms with Crippen LogP contribution in [0.4, 0.5) is 10.2 Å². The standard InChI is InChI=1S/C16H13ClFN3O2S/c1-8-12(9-3-5-10(18)6-4-9)13-14(21(2)7-11(22)23)19-16(17)20-15(13)24-8/h3-6H,7H2,1-2H3,(H,22,23). The van der Waals surface area contributed by atoms with Crippen molar-refractivity contribution >= 4 is 44.9 Å². The molecule has 0 spiro atoms. The van der Waals surface area contributed by atoms with Gasteiger partial charge in [0, 0.05) is 17.5 Å². The highest BCUT2D eigenvalue weighted by atomic mass is 35.5. The predicted octanol–water partition coefficient (Wildman–Crippen LogP) is 3.98. The Morgan fingerprint density at radius 3 is 2.62 bits per heavy atom. The zero-order valence-corrected chi connectivity index (χ0v) is 14.5. The van der Waals surface area contributed by atoms with Crippen molar-refractivity contribution in [3.8, 4) is 11.1 Å². The average molecular weight is 366 g/mol. The van der Waals surface area contributed by atoms with Crippen molar-refractivity contribution in [2.24, 2.45) is 0 Å². The summed E-state index contributed by atoms with van der Waals surface area (Å²) in [5, 5.41) is 9.83. The molecule has 1 N–H and O–H groups in total. The van der Waals surface area contributed by atoms with Crippen LogP contribution in [0.15, 0.2) is 24.3 Å². The molecule has 0 fully saturated rings. The number of rotatable bonds is 4. The molecule has 0 aliphatic heterocycles. The van der Waals surface area contributed by atoms with Crippen LogP contribution in [0, 0.1) is 12.7 Å². The first-order chi connectivity index (χ1) is 11.4. The summed E-state index contributed by atoms with van der Waals surface area (Å²) in [6, 6.07) is 6.13. The highest BCUT2D eigenvalue weighted by Crippen LogP contribution is 2.42. The number of likely N-dealkylation sites (N-methyl/N-ethyl adjacent to an activating group) is 1. The minimum atomic E-state index is -0.976. The number of thiophene rings is 1. The van der Waals surface area contributed by atoms with E-state index in [1.165, 1.54) is 28.4 Å². The smallest absolute Gasteiger partial charge is 0.323 e.